The van der Waals surface area contributed by atoms with Gasteiger partial charge in [0.15, 0.2) is 11.6 Å². The minimum absolute atomic E-state index is 0.0155. The van der Waals surface area contributed by atoms with Crippen LogP contribution in [0, 0.1) is 11.8 Å². The topological polar surface area (TPSA) is 206 Å². The molecule has 3 aliphatic heterocycles. The molecule has 17 nitrogen and oxygen atoms in total. The first kappa shape index (κ1) is 50.4. The van der Waals surface area contributed by atoms with Crippen molar-refractivity contribution in [2.45, 2.75) is 109 Å². The van der Waals surface area contributed by atoms with Crippen LogP contribution in [-0.2, 0) is 21.4 Å². The summed E-state index contributed by atoms with van der Waals surface area (Å²) in [6.45, 7) is 12.0. The van der Waals surface area contributed by atoms with Gasteiger partial charge >= 0.3 is 0 Å². The van der Waals surface area contributed by atoms with Crippen LogP contribution in [0.2, 0.25) is 0 Å². The SMILES string of the molecule is CC(NC(=O)C1CCCN1C(=O)C(c1cc(N2CCC(CN3CCC(O)CC3)CC2)no1)C(C)C)c1ccc(-c2ccnn2C)cc1.Nc1nc2nc(-c3ccccc3O)cn2cc1/C=C/COC1CCC1. The number of phenols is 1. The first-order valence-corrected chi connectivity index (χ1v) is 25.9. The molecule has 10 rings (SSSR count). The van der Waals surface area contributed by atoms with Gasteiger partial charge in [-0.05, 0) is 106 Å². The molecule has 0 bridgehead atoms. The Labute approximate surface area is 422 Å². The number of nitrogens with zero attached hydrogens (tertiary/aromatic N) is 9. The van der Waals surface area contributed by atoms with Gasteiger partial charge in [0, 0.05) is 82.1 Å². The van der Waals surface area contributed by atoms with Gasteiger partial charge in [0.2, 0.25) is 17.6 Å². The number of nitrogen functional groups attached to an aromatic ring is 1. The van der Waals surface area contributed by atoms with Crippen molar-refractivity contribution in [1.82, 2.24) is 44.4 Å². The average molecular weight is 982 g/mol. The zero-order valence-electron chi connectivity index (χ0n) is 42.1. The molecule has 72 heavy (non-hydrogen) atoms. The Morgan fingerprint density at radius 1 is 0.917 bits per heavy atom. The molecule has 3 saturated heterocycles. The molecule has 1 saturated carbocycles. The van der Waals surface area contributed by atoms with Crippen molar-refractivity contribution in [1.29, 1.82) is 0 Å². The van der Waals surface area contributed by atoms with E-state index < -0.39 is 12.0 Å². The Hall–Kier alpha value is -6.56. The van der Waals surface area contributed by atoms with E-state index in [1.165, 1.54) is 6.42 Å². The van der Waals surface area contributed by atoms with Gasteiger partial charge in [-0.1, -0.05) is 67.6 Å². The number of nitrogens with one attached hydrogen (secondary N) is 1. The number of likely N-dealkylation sites (tertiary alicyclic amines) is 2. The van der Waals surface area contributed by atoms with Crippen molar-refractivity contribution in [3.63, 3.8) is 0 Å². The Morgan fingerprint density at radius 3 is 2.38 bits per heavy atom. The summed E-state index contributed by atoms with van der Waals surface area (Å²) in [4.78, 5) is 43.0. The number of fused-ring (bicyclic) bond motifs is 1. The van der Waals surface area contributed by atoms with Gasteiger partial charge in [-0.15, -0.1) is 0 Å². The molecular weight excluding hydrogens is 911 g/mol. The van der Waals surface area contributed by atoms with Crippen LogP contribution in [-0.4, -0.2) is 125 Å². The second kappa shape index (κ2) is 22.9. The zero-order chi connectivity index (χ0) is 50.3. The smallest absolute Gasteiger partial charge is 0.243 e. The Bertz CT molecular complexity index is 2780. The molecule has 4 aromatic heterocycles. The van der Waals surface area contributed by atoms with Gasteiger partial charge in [0.05, 0.1) is 36.2 Å². The molecule has 17 heteroatoms. The van der Waals surface area contributed by atoms with E-state index in [-0.39, 0.29) is 35.6 Å². The van der Waals surface area contributed by atoms with Gasteiger partial charge in [-0.3, -0.25) is 18.7 Å². The van der Waals surface area contributed by atoms with Crippen LogP contribution in [0.15, 0.2) is 89.9 Å². The summed E-state index contributed by atoms with van der Waals surface area (Å²) >= 11 is 0. The molecule has 0 spiro atoms. The number of carbonyl (C=O) groups is 2. The lowest BCUT2D eigenvalue weighted by atomic mass is 9.91. The van der Waals surface area contributed by atoms with E-state index in [4.69, 9.17) is 15.0 Å². The van der Waals surface area contributed by atoms with E-state index in [9.17, 15) is 19.8 Å². The number of benzene rings is 2. The van der Waals surface area contributed by atoms with Crippen LogP contribution in [0.3, 0.4) is 0 Å². The number of carbonyl (C=O) groups excluding carboxylic acids is 2. The number of aliphatic hydroxyl groups is 1. The molecule has 382 valence electrons. The Morgan fingerprint density at radius 2 is 1.68 bits per heavy atom. The van der Waals surface area contributed by atoms with E-state index in [0.717, 1.165) is 106 Å². The fourth-order valence-corrected chi connectivity index (χ4v) is 10.4. The fraction of sp³-hybridized carbons (Fsp3) is 0.491. The molecular formula is C55H71N11O6. The number of nitrogens with two attached hydrogens (primary N) is 1. The first-order valence-electron chi connectivity index (χ1n) is 25.9. The van der Waals surface area contributed by atoms with Crippen LogP contribution >= 0.6 is 0 Å². The Balaban J connectivity index is 0.000000214. The first-order chi connectivity index (χ1) is 34.9. The normalized spacial score (nSPS) is 19.2. The summed E-state index contributed by atoms with van der Waals surface area (Å²) in [7, 11) is 1.92. The van der Waals surface area contributed by atoms with Crippen molar-refractivity contribution in [3.05, 3.63) is 102 Å². The molecule has 1 aliphatic carbocycles. The molecule has 4 fully saturated rings. The third-order valence-electron chi connectivity index (χ3n) is 15.0. The maximum atomic E-state index is 14.1. The van der Waals surface area contributed by atoms with Crippen LogP contribution in [0.25, 0.3) is 34.4 Å². The van der Waals surface area contributed by atoms with Gasteiger partial charge in [-0.25, -0.2) is 4.98 Å². The lowest BCUT2D eigenvalue weighted by molar-refractivity contribution is -0.141. The summed E-state index contributed by atoms with van der Waals surface area (Å²) in [5.74, 6) is 2.39. The third kappa shape index (κ3) is 11.9. The molecule has 0 radical (unpaired) electrons. The number of aliphatic hydroxyl groups excluding tert-OH is 1. The van der Waals surface area contributed by atoms with Crippen molar-refractivity contribution in [2.75, 3.05) is 56.5 Å². The van der Waals surface area contributed by atoms with Crippen molar-refractivity contribution in [2.24, 2.45) is 18.9 Å². The fourth-order valence-electron chi connectivity index (χ4n) is 10.4. The Kier molecular flexibility index (Phi) is 16.0. The van der Waals surface area contributed by atoms with Crippen molar-refractivity contribution >= 4 is 35.3 Å². The molecule has 6 aromatic rings. The minimum atomic E-state index is -0.510. The summed E-state index contributed by atoms with van der Waals surface area (Å²) < 4.78 is 15.2. The maximum Gasteiger partial charge on any atom is 0.243 e. The number of hydrogen-bond donors (Lipinski definition) is 4. The van der Waals surface area contributed by atoms with E-state index >= 15 is 0 Å². The predicted octanol–water partition coefficient (Wildman–Crippen LogP) is 7.62. The zero-order valence-corrected chi connectivity index (χ0v) is 42.1. The second-order valence-corrected chi connectivity index (χ2v) is 20.4. The third-order valence-corrected chi connectivity index (χ3v) is 15.0. The van der Waals surface area contributed by atoms with Crippen LogP contribution < -0.4 is 16.0 Å². The largest absolute Gasteiger partial charge is 0.507 e. The van der Waals surface area contributed by atoms with Gasteiger partial charge < -0.3 is 45.2 Å². The molecule has 5 N–H and O–H groups in total. The number of anilines is 2. The molecule has 7 heterocycles. The number of aromatic hydroxyl groups is 1. The van der Waals surface area contributed by atoms with Crippen molar-refractivity contribution in [3.8, 4) is 28.3 Å². The van der Waals surface area contributed by atoms with Gasteiger partial charge in [-0.2, -0.15) is 10.1 Å². The highest BCUT2D eigenvalue weighted by atomic mass is 16.5. The summed E-state index contributed by atoms with van der Waals surface area (Å²) in [6, 6.07) is 18.5. The number of aryl methyl sites for hydroxylation is 1. The lowest BCUT2D eigenvalue weighted by Gasteiger charge is -2.36. The van der Waals surface area contributed by atoms with Gasteiger partial charge in [0.25, 0.3) is 0 Å². The summed E-state index contributed by atoms with van der Waals surface area (Å²) in [5.41, 5.74) is 11.3. The number of imidazole rings is 1. The number of rotatable bonds is 15. The summed E-state index contributed by atoms with van der Waals surface area (Å²) in [5, 5.41) is 31.6. The standard InChI is InChI=1S/C36H51N7O4.C19H20N4O2/c1-24(2)34(32-22-33(39-47-32)42-20-12-26(13-21-42)23-41-18-14-29(44)15-19-41)36(46)43-17-5-6-31(43)35(45)38-25(3)27-7-9-28(10-8-27)30-11-16-37-40(30)4;20-18-13(5-4-10-25-14-6-3-7-14)11-23-12-16(21-19(23)22-18)15-8-1-2-9-17(15)24/h7-11,16,22,24-26,29,31,34,44H,5-6,12-15,17-21,23H2,1-4H3,(H,38,45);1-2,4-5,8-9,11-12,14,24H,3,6-7,10H2,(H2,20,21,22)/b;5-4+. The number of para-hydroxylation sites is 1. The maximum absolute atomic E-state index is 14.1. The number of piperidine rings is 2. The second-order valence-electron chi connectivity index (χ2n) is 20.4. The van der Waals surface area contributed by atoms with E-state index in [2.05, 4.69) is 35.3 Å². The van der Waals surface area contributed by atoms with Crippen molar-refractivity contribution < 1.29 is 29.1 Å². The monoisotopic (exact) mass is 982 g/mol. The average Bonchev–Trinajstić information content (AvgIpc) is 4.21. The molecule has 4 aliphatic rings. The lowest BCUT2D eigenvalue weighted by Crippen LogP contribution is -2.48. The number of amides is 2. The molecule has 2 amide bonds. The molecule has 3 atom stereocenters. The van der Waals surface area contributed by atoms with E-state index in [1.807, 2.05) is 110 Å². The quantitative estimate of drug-likeness (QED) is 0.0783. The van der Waals surface area contributed by atoms with Crippen LogP contribution in [0.5, 0.6) is 5.75 Å². The highest BCUT2D eigenvalue weighted by molar-refractivity contribution is 5.91. The highest BCUT2D eigenvalue weighted by Crippen LogP contribution is 2.35. The van der Waals surface area contributed by atoms with Crippen LogP contribution in [0.4, 0.5) is 11.6 Å². The number of ether oxygens (including phenoxy) is 1. The van der Waals surface area contributed by atoms with E-state index in [1.54, 1.807) is 23.2 Å². The highest BCUT2D eigenvalue weighted by Gasteiger charge is 2.41. The predicted molar refractivity (Wildman–Crippen MR) is 278 cm³/mol. The van der Waals surface area contributed by atoms with Gasteiger partial charge in [0.1, 0.15) is 23.5 Å². The molecule has 2 aromatic carbocycles. The minimum Gasteiger partial charge on any atom is -0.507 e. The van der Waals surface area contributed by atoms with Crippen LogP contribution in [0.1, 0.15) is 107 Å². The summed E-state index contributed by atoms with van der Waals surface area (Å²) in [6.07, 6.45) is 18.6. The number of hydrogen-bond acceptors (Lipinski definition) is 13. The van der Waals surface area contributed by atoms with E-state index in [0.29, 0.717) is 60.2 Å². The molecule has 3 unspecified atom stereocenters. The number of phenolic OH excluding ortho intramolecular Hbond substituents is 1. The number of aromatic nitrogens is 6.